The molecule has 0 aliphatic rings. The van der Waals surface area contributed by atoms with Crippen LogP contribution in [0, 0.1) is 20.8 Å². The quantitative estimate of drug-likeness (QED) is 0.565. The predicted octanol–water partition coefficient (Wildman–Crippen LogP) is 4.51. The lowest BCUT2D eigenvalue weighted by Gasteiger charge is -2.10. The van der Waals surface area contributed by atoms with E-state index >= 15 is 0 Å². The van der Waals surface area contributed by atoms with Gasteiger partial charge in [-0.2, -0.15) is 0 Å². The van der Waals surface area contributed by atoms with E-state index < -0.39 is 6.03 Å². The zero-order valence-electron chi connectivity index (χ0n) is 16.5. The molecule has 1 aromatic heterocycles. The summed E-state index contributed by atoms with van der Waals surface area (Å²) in [6, 6.07) is 10.1. The third-order valence-corrected chi connectivity index (χ3v) is 5.56. The molecule has 0 saturated carbocycles. The maximum Gasteiger partial charge on any atom is 0.345 e. The number of benzene rings is 2. The fraction of sp³-hybridized carbons (Fsp3) is 0.190. The van der Waals surface area contributed by atoms with Crippen molar-refractivity contribution in [1.82, 2.24) is 9.78 Å². The molecular weight excluding hydrogens is 436 g/mol. The zero-order chi connectivity index (χ0) is 21.1. The number of hydrogen-bond donors (Lipinski definition) is 2. The van der Waals surface area contributed by atoms with Crippen LogP contribution in [0.2, 0.25) is 0 Å². The smallest absolute Gasteiger partial charge is 0.345 e. The molecule has 0 saturated heterocycles. The van der Waals surface area contributed by atoms with Crippen LogP contribution in [0.5, 0.6) is 5.75 Å². The van der Waals surface area contributed by atoms with Crippen LogP contribution in [0.25, 0.3) is 5.69 Å². The number of nitrogens with one attached hydrogen (secondary N) is 2. The Hall–Kier alpha value is -3.13. The van der Waals surface area contributed by atoms with E-state index in [1.165, 1.54) is 10.9 Å². The third-order valence-electron chi connectivity index (χ3n) is 4.70. The second-order valence-electron chi connectivity index (χ2n) is 6.52. The van der Waals surface area contributed by atoms with Crippen molar-refractivity contribution in [3.63, 3.8) is 0 Å². The summed E-state index contributed by atoms with van der Waals surface area (Å²) in [5.41, 5.74) is 4.04. The van der Waals surface area contributed by atoms with Gasteiger partial charge in [-0.15, -0.1) is 0 Å². The van der Waals surface area contributed by atoms with Crippen LogP contribution in [-0.4, -0.2) is 29.1 Å². The molecule has 1 heterocycles. The zero-order valence-corrected chi connectivity index (χ0v) is 18.1. The number of nitrogens with zero attached hydrogens (tertiary/aromatic N) is 2. The van der Waals surface area contributed by atoms with Crippen molar-refractivity contribution < 1.29 is 9.53 Å². The van der Waals surface area contributed by atoms with Crippen LogP contribution in [0.4, 0.5) is 10.5 Å². The molecule has 2 amide bonds. The van der Waals surface area contributed by atoms with Crippen molar-refractivity contribution in [2.24, 2.45) is 4.99 Å². The Kier molecular flexibility index (Phi) is 6.03. The molecule has 2 N–H and O–H groups in total. The monoisotopic (exact) mass is 456 g/mol. The fourth-order valence-corrected chi connectivity index (χ4v) is 3.28. The number of aromatic amines is 1. The number of urea groups is 1. The van der Waals surface area contributed by atoms with E-state index in [0.29, 0.717) is 22.7 Å². The Morgan fingerprint density at radius 1 is 1.14 bits per heavy atom. The number of anilines is 1. The van der Waals surface area contributed by atoms with Crippen LogP contribution in [-0.2, 0) is 0 Å². The minimum Gasteiger partial charge on any atom is -0.497 e. The molecule has 0 spiro atoms. The van der Waals surface area contributed by atoms with E-state index in [0.717, 1.165) is 21.3 Å². The van der Waals surface area contributed by atoms with Gasteiger partial charge < -0.3 is 10.1 Å². The molecule has 8 heteroatoms. The number of hydrogen-bond acceptors (Lipinski definition) is 3. The maximum atomic E-state index is 12.9. The van der Waals surface area contributed by atoms with Gasteiger partial charge in [0.25, 0.3) is 5.56 Å². The van der Waals surface area contributed by atoms with E-state index in [4.69, 9.17) is 4.74 Å². The Morgan fingerprint density at radius 2 is 1.83 bits per heavy atom. The molecule has 0 unspecified atom stereocenters. The van der Waals surface area contributed by atoms with Crippen molar-refractivity contribution in [3.8, 4) is 11.4 Å². The lowest BCUT2D eigenvalue weighted by atomic mass is 10.1. The summed E-state index contributed by atoms with van der Waals surface area (Å²) in [6.07, 6.45) is 1.28. The molecule has 2 aromatic carbocycles. The van der Waals surface area contributed by atoms with Crippen molar-refractivity contribution in [2.75, 3.05) is 12.4 Å². The van der Waals surface area contributed by atoms with Crippen LogP contribution in [0.15, 0.2) is 50.7 Å². The van der Waals surface area contributed by atoms with Gasteiger partial charge in [-0.1, -0.05) is 15.9 Å². The van der Waals surface area contributed by atoms with E-state index in [2.05, 4.69) is 31.3 Å². The summed E-state index contributed by atoms with van der Waals surface area (Å²) in [5, 5.41) is 5.70. The van der Waals surface area contributed by atoms with Gasteiger partial charge in [-0.3, -0.25) is 9.89 Å². The first-order valence-corrected chi connectivity index (χ1v) is 9.68. The Balaban J connectivity index is 1.84. The number of methoxy groups -OCH3 is 1. The number of amides is 2. The van der Waals surface area contributed by atoms with Gasteiger partial charge in [0.1, 0.15) is 5.75 Å². The number of H-pyrrole nitrogens is 1. The Morgan fingerprint density at radius 3 is 2.48 bits per heavy atom. The minimum absolute atomic E-state index is 0.270. The summed E-state index contributed by atoms with van der Waals surface area (Å²) >= 11 is 3.50. The number of ether oxygens (including phenoxy) is 1. The van der Waals surface area contributed by atoms with Crippen molar-refractivity contribution in [3.05, 3.63) is 73.6 Å². The molecule has 0 aliphatic carbocycles. The van der Waals surface area contributed by atoms with Crippen molar-refractivity contribution in [2.45, 2.75) is 20.8 Å². The maximum absolute atomic E-state index is 12.9. The van der Waals surface area contributed by atoms with E-state index in [9.17, 15) is 9.59 Å². The molecule has 0 bridgehead atoms. The van der Waals surface area contributed by atoms with Gasteiger partial charge in [-0.05, 0) is 68.3 Å². The molecule has 0 radical (unpaired) electrons. The first-order chi connectivity index (χ1) is 13.8. The molecule has 0 atom stereocenters. The summed E-state index contributed by atoms with van der Waals surface area (Å²) in [6.45, 7) is 5.70. The highest BCUT2D eigenvalue weighted by Crippen LogP contribution is 2.24. The number of aliphatic imine (C=N–C) groups is 1. The Bertz CT molecular complexity index is 1140. The lowest BCUT2D eigenvalue weighted by Crippen LogP contribution is -2.19. The summed E-state index contributed by atoms with van der Waals surface area (Å²) in [7, 11) is 1.57. The number of carbonyl (C=O) groups is 1. The first kappa shape index (κ1) is 20.6. The minimum atomic E-state index is -0.572. The molecule has 3 aromatic rings. The highest BCUT2D eigenvalue weighted by atomic mass is 79.9. The summed E-state index contributed by atoms with van der Waals surface area (Å²) in [4.78, 5) is 28.8. The van der Waals surface area contributed by atoms with Crippen LogP contribution < -0.4 is 15.6 Å². The third kappa shape index (κ3) is 4.32. The van der Waals surface area contributed by atoms with Crippen LogP contribution in [0.1, 0.15) is 22.4 Å². The summed E-state index contributed by atoms with van der Waals surface area (Å²) in [5.74, 6) is 0.688. The van der Waals surface area contributed by atoms with Gasteiger partial charge in [0, 0.05) is 22.1 Å². The number of aromatic nitrogens is 2. The van der Waals surface area contributed by atoms with Gasteiger partial charge in [0.05, 0.1) is 18.4 Å². The number of halogens is 1. The van der Waals surface area contributed by atoms with Crippen LogP contribution in [0.3, 0.4) is 0 Å². The topological polar surface area (TPSA) is 88.5 Å². The van der Waals surface area contributed by atoms with Gasteiger partial charge in [0.2, 0.25) is 0 Å². The van der Waals surface area contributed by atoms with Crippen molar-refractivity contribution >= 4 is 33.9 Å². The molecule has 0 fully saturated rings. The molecule has 0 aliphatic heterocycles. The number of rotatable bonds is 4. The van der Waals surface area contributed by atoms with Crippen LogP contribution >= 0.6 is 15.9 Å². The molecule has 7 nitrogen and oxygen atoms in total. The highest BCUT2D eigenvalue weighted by molar-refractivity contribution is 9.10. The molecular formula is C21H21BrN4O3. The largest absolute Gasteiger partial charge is 0.497 e. The average molecular weight is 457 g/mol. The number of carbonyl (C=O) groups excluding carboxylic acids is 1. The van der Waals surface area contributed by atoms with Gasteiger partial charge >= 0.3 is 6.03 Å². The second kappa shape index (κ2) is 8.48. The van der Waals surface area contributed by atoms with E-state index in [1.807, 2.05) is 26.0 Å². The number of aryl methyl sites for hydroxylation is 1. The normalized spacial score (nSPS) is 11.1. The first-order valence-electron chi connectivity index (χ1n) is 8.88. The average Bonchev–Trinajstić information content (AvgIpc) is 2.99. The van der Waals surface area contributed by atoms with Gasteiger partial charge in [-0.25, -0.2) is 14.5 Å². The van der Waals surface area contributed by atoms with Gasteiger partial charge in [0.15, 0.2) is 0 Å². The molecule has 150 valence electrons. The van der Waals surface area contributed by atoms with Crippen molar-refractivity contribution in [1.29, 1.82) is 0 Å². The molecule has 29 heavy (non-hydrogen) atoms. The van der Waals surface area contributed by atoms with E-state index in [-0.39, 0.29) is 5.56 Å². The SMILES string of the molecule is COc1ccc(NC(=O)N=Cc2c(C)[nH]n(-c3ccc(Br)c(C)c3C)c2=O)cc1. The standard InChI is InChI=1S/C21H21BrN4O3/c1-12-13(2)19(10-9-18(12)22)26-20(27)17(14(3)25-26)11-23-21(28)24-15-5-7-16(29-4)8-6-15/h5-11,25H,1-4H3,(H,24,28). The Labute approximate surface area is 176 Å². The highest BCUT2D eigenvalue weighted by Gasteiger charge is 2.14. The fourth-order valence-electron chi connectivity index (χ4n) is 2.85. The molecule has 3 rings (SSSR count). The predicted molar refractivity (Wildman–Crippen MR) is 118 cm³/mol. The summed E-state index contributed by atoms with van der Waals surface area (Å²) < 4.78 is 7.53. The lowest BCUT2D eigenvalue weighted by molar-refractivity contribution is 0.259. The second-order valence-corrected chi connectivity index (χ2v) is 7.38. The van der Waals surface area contributed by atoms with E-state index in [1.54, 1.807) is 38.3 Å².